The van der Waals surface area contributed by atoms with Gasteiger partial charge in [0.2, 0.25) is 0 Å². The van der Waals surface area contributed by atoms with Crippen molar-refractivity contribution in [1.29, 1.82) is 0 Å². The van der Waals surface area contributed by atoms with E-state index in [0.717, 1.165) is 35.2 Å². The summed E-state index contributed by atoms with van der Waals surface area (Å²) in [5.74, 6) is 1.42. The van der Waals surface area contributed by atoms with Crippen molar-refractivity contribution in [3.63, 3.8) is 0 Å². The molecule has 9 nitrogen and oxygen atoms in total. The molecule has 2 heterocycles. The van der Waals surface area contributed by atoms with Crippen molar-refractivity contribution in [2.75, 3.05) is 20.2 Å². The zero-order valence-corrected chi connectivity index (χ0v) is 17.9. The molecule has 168 valence electrons. The van der Waals surface area contributed by atoms with E-state index in [0.29, 0.717) is 18.8 Å². The molecule has 2 atom stereocenters. The molecule has 4 rings (SSSR count). The van der Waals surface area contributed by atoms with Crippen LogP contribution in [-0.4, -0.2) is 58.3 Å². The highest BCUT2D eigenvalue weighted by Gasteiger charge is 2.26. The quantitative estimate of drug-likeness (QED) is 0.472. The standard InChI is InChI=1S/C23H27N5O4/c1-32-17-10-8-15(9-11-17)13-20(21-25-18-6-2-3-7-19(18)26-21)27-22(29)24-16-5-4-12-28(14-16)23(30)31/h2-3,6-11,16,20H,4-5,12-14H2,1H3,(H,25,26)(H,30,31)(H2,24,27,29)/t16?,20-/m1/s1. The first-order valence-corrected chi connectivity index (χ1v) is 10.6. The summed E-state index contributed by atoms with van der Waals surface area (Å²) < 4.78 is 5.23. The monoisotopic (exact) mass is 437 g/mol. The number of amides is 3. The third kappa shape index (κ3) is 5.11. The molecule has 9 heteroatoms. The van der Waals surface area contributed by atoms with Gasteiger partial charge in [0.05, 0.1) is 24.2 Å². The van der Waals surface area contributed by atoms with Gasteiger partial charge in [-0.25, -0.2) is 14.6 Å². The van der Waals surface area contributed by atoms with Crippen molar-refractivity contribution >= 4 is 23.2 Å². The van der Waals surface area contributed by atoms with Gasteiger partial charge in [-0.1, -0.05) is 24.3 Å². The van der Waals surface area contributed by atoms with Gasteiger partial charge >= 0.3 is 12.1 Å². The molecule has 3 aromatic rings. The van der Waals surface area contributed by atoms with E-state index < -0.39 is 12.1 Å². The number of methoxy groups -OCH3 is 1. The highest BCUT2D eigenvalue weighted by molar-refractivity contribution is 5.77. The van der Waals surface area contributed by atoms with Crippen LogP contribution < -0.4 is 15.4 Å². The molecule has 0 aliphatic carbocycles. The average molecular weight is 438 g/mol. The van der Waals surface area contributed by atoms with Crippen LogP contribution in [0.1, 0.15) is 30.3 Å². The van der Waals surface area contributed by atoms with E-state index in [2.05, 4.69) is 20.6 Å². The van der Waals surface area contributed by atoms with Gasteiger partial charge < -0.3 is 30.4 Å². The number of nitrogens with zero attached hydrogens (tertiary/aromatic N) is 2. The molecule has 2 aromatic carbocycles. The van der Waals surface area contributed by atoms with Gasteiger partial charge in [-0.2, -0.15) is 0 Å². The van der Waals surface area contributed by atoms with Gasteiger partial charge in [-0.3, -0.25) is 0 Å². The van der Waals surface area contributed by atoms with Crippen molar-refractivity contribution in [3.05, 3.63) is 59.9 Å². The third-order valence-corrected chi connectivity index (χ3v) is 5.67. The molecular weight excluding hydrogens is 410 g/mol. The van der Waals surface area contributed by atoms with Crippen LogP contribution in [0.15, 0.2) is 48.5 Å². The van der Waals surface area contributed by atoms with Crippen molar-refractivity contribution in [2.24, 2.45) is 0 Å². The maximum Gasteiger partial charge on any atom is 0.407 e. The summed E-state index contributed by atoms with van der Waals surface area (Å²) in [6.07, 6.45) is 1.03. The molecule has 0 spiro atoms. The second kappa shape index (κ2) is 9.59. The zero-order valence-electron chi connectivity index (χ0n) is 17.9. The number of likely N-dealkylation sites (tertiary alicyclic amines) is 1. The third-order valence-electron chi connectivity index (χ3n) is 5.67. The molecule has 1 unspecified atom stereocenters. The maximum absolute atomic E-state index is 12.8. The van der Waals surface area contributed by atoms with Crippen LogP contribution in [0.25, 0.3) is 11.0 Å². The SMILES string of the molecule is COc1ccc(C[C@@H](NC(=O)NC2CCCN(C(=O)O)C2)c2nc3ccccc3[nH]2)cc1. The Balaban J connectivity index is 1.50. The van der Waals surface area contributed by atoms with E-state index in [4.69, 9.17) is 4.74 Å². The van der Waals surface area contributed by atoms with Gasteiger partial charge in [0, 0.05) is 19.1 Å². The first-order chi connectivity index (χ1) is 15.5. The summed E-state index contributed by atoms with van der Waals surface area (Å²) in [6.45, 7) is 0.782. The van der Waals surface area contributed by atoms with E-state index in [-0.39, 0.29) is 18.6 Å². The van der Waals surface area contributed by atoms with Crippen LogP contribution in [-0.2, 0) is 6.42 Å². The Kier molecular flexibility index (Phi) is 6.44. The van der Waals surface area contributed by atoms with Crippen LogP contribution in [0, 0.1) is 0 Å². The highest BCUT2D eigenvalue weighted by atomic mass is 16.5. The average Bonchev–Trinajstić information content (AvgIpc) is 3.23. The second-order valence-electron chi connectivity index (χ2n) is 7.93. The maximum atomic E-state index is 12.8. The number of ether oxygens (including phenoxy) is 1. The lowest BCUT2D eigenvalue weighted by Crippen LogP contribution is -2.52. The number of piperidine rings is 1. The number of benzene rings is 2. The van der Waals surface area contributed by atoms with E-state index >= 15 is 0 Å². The molecule has 0 radical (unpaired) electrons. The minimum Gasteiger partial charge on any atom is -0.497 e. The Morgan fingerprint density at radius 3 is 2.75 bits per heavy atom. The molecule has 32 heavy (non-hydrogen) atoms. The van der Waals surface area contributed by atoms with Crippen molar-refractivity contribution in [1.82, 2.24) is 25.5 Å². The summed E-state index contributed by atoms with van der Waals surface area (Å²) >= 11 is 0. The number of aromatic nitrogens is 2. The summed E-state index contributed by atoms with van der Waals surface area (Å²) in [5.41, 5.74) is 2.74. The smallest absolute Gasteiger partial charge is 0.407 e. The Bertz CT molecular complexity index is 1050. The number of hydrogen-bond acceptors (Lipinski definition) is 4. The number of fused-ring (bicyclic) bond motifs is 1. The lowest BCUT2D eigenvalue weighted by molar-refractivity contribution is 0.126. The van der Waals surface area contributed by atoms with Gasteiger partial charge in [0.25, 0.3) is 0 Å². The second-order valence-corrected chi connectivity index (χ2v) is 7.93. The molecule has 1 saturated heterocycles. The van der Waals surface area contributed by atoms with Crippen LogP contribution in [0.2, 0.25) is 0 Å². The first-order valence-electron chi connectivity index (χ1n) is 10.6. The largest absolute Gasteiger partial charge is 0.497 e. The lowest BCUT2D eigenvalue weighted by atomic mass is 10.0. The number of carbonyl (C=O) groups is 2. The number of H-pyrrole nitrogens is 1. The van der Waals surface area contributed by atoms with Crippen LogP contribution >= 0.6 is 0 Å². The fourth-order valence-corrected chi connectivity index (χ4v) is 4.00. The van der Waals surface area contributed by atoms with E-state index in [1.165, 1.54) is 4.90 Å². The van der Waals surface area contributed by atoms with Crippen LogP contribution in [0.4, 0.5) is 9.59 Å². The Labute approximate surface area is 185 Å². The van der Waals surface area contributed by atoms with Gasteiger partial charge in [-0.05, 0) is 49.1 Å². The number of nitrogens with one attached hydrogen (secondary N) is 3. The van der Waals surface area contributed by atoms with Crippen LogP contribution in [0.3, 0.4) is 0 Å². The molecule has 3 amide bonds. The molecule has 0 saturated carbocycles. The molecule has 1 fully saturated rings. The summed E-state index contributed by atoms with van der Waals surface area (Å²) in [4.78, 5) is 33.4. The lowest BCUT2D eigenvalue weighted by Gasteiger charge is -2.31. The Morgan fingerprint density at radius 1 is 1.25 bits per heavy atom. The summed E-state index contributed by atoms with van der Waals surface area (Å²) in [6, 6.07) is 14.4. The fourth-order valence-electron chi connectivity index (χ4n) is 4.00. The predicted molar refractivity (Wildman–Crippen MR) is 120 cm³/mol. The first kappa shape index (κ1) is 21.5. The van der Waals surface area contributed by atoms with E-state index in [1.807, 2.05) is 48.5 Å². The number of aromatic amines is 1. The normalized spacial score (nSPS) is 17.0. The van der Waals surface area contributed by atoms with Crippen molar-refractivity contribution in [3.8, 4) is 5.75 Å². The molecule has 0 bridgehead atoms. The molecular formula is C23H27N5O4. The minimum absolute atomic E-state index is 0.225. The number of rotatable bonds is 6. The zero-order chi connectivity index (χ0) is 22.5. The van der Waals surface area contributed by atoms with Crippen molar-refractivity contribution in [2.45, 2.75) is 31.3 Å². The summed E-state index contributed by atoms with van der Waals surface area (Å²) in [5, 5.41) is 15.2. The fraction of sp³-hybridized carbons (Fsp3) is 0.348. The van der Waals surface area contributed by atoms with Gasteiger partial charge in [0.15, 0.2) is 0 Å². The Hall–Kier alpha value is -3.75. The number of urea groups is 1. The number of hydrogen-bond donors (Lipinski definition) is 4. The number of carbonyl (C=O) groups excluding carboxylic acids is 1. The molecule has 4 N–H and O–H groups in total. The number of imidazole rings is 1. The molecule has 1 aliphatic heterocycles. The van der Waals surface area contributed by atoms with Crippen LogP contribution in [0.5, 0.6) is 5.75 Å². The van der Waals surface area contributed by atoms with E-state index in [9.17, 15) is 14.7 Å². The topological polar surface area (TPSA) is 120 Å². The predicted octanol–water partition coefficient (Wildman–Crippen LogP) is 3.30. The molecule has 1 aliphatic rings. The number of carboxylic acid groups (broad SMARTS) is 1. The molecule has 1 aromatic heterocycles. The van der Waals surface area contributed by atoms with Gasteiger partial charge in [0.1, 0.15) is 11.6 Å². The highest BCUT2D eigenvalue weighted by Crippen LogP contribution is 2.21. The minimum atomic E-state index is -0.962. The number of para-hydroxylation sites is 2. The Morgan fingerprint density at radius 2 is 2.03 bits per heavy atom. The van der Waals surface area contributed by atoms with E-state index in [1.54, 1.807) is 7.11 Å². The summed E-state index contributed by atoms with van der Waals surface area (Å²) in [7, 11) is 1.62. The van der Waals surface area contributed by atoms with Crippen molar-refractivity contribution < 1.29 is 19.4 Å². The van der Waals surface area contributed by atoms with Gasteiger partial charge in [-0.15, -0.1) is 0 Å².